The van der Waals surface area contributed by atoms with Crippen molar-refractivity contribution in [2.24, 2.45) is 11.7 Å². The van der Waals surface area contributed by atoms with Crippen LogP contribution in [0.1, 0.15) is 25.3 Å². The van der Waals surface area contributed by atoms with E-state index >= 15 is 0 Å². The highest BCUT2D eigenvalue weighted by Gasteiger charge is 2.32. The standard InChI is InChI=1S/C14H19BrN2O3S/c1-2-10-9-12(15)3-4-13(10)21(19,20)17-7-5-11(6-8-17)14(16)18/h3-4,9,11H,2,5-8H2,1H3,(H2,16,18). The zero-order valence-corrected chi connectivity index (χ0v) is 14.3. The zero-order chi connectivity index (χ0) is 15.6. The van der Waals surface area contributed by atoms with Crippen LogP contribution in [-0.2, 0) is 21.2 Å². The van der Waals surface area contributed by atoms with Crippen molar-refractivity contribution in [2.75, 3.05) is 13.1 Å². The van der Waals surface area contributed by atoms with Crippen LogP contribution >= 0.6 is 15.9 Å². The van der Waals surface area contributed by atoms with E-state index < -0.39 is 10.0 Å². The lowest BCUT2D eigenvalue weighted by Gasteiger charge is -2.30. The Morgan fingerprint density at radius 3 is 2.52 bits per heavy atom. The number of hydrogen-bond acceptors (Lipinski definition) is 3. The highest BCUT2D eigenvalue weighted by molar-refractivity contribution is 9.10. The van der Waals surface area contributed by atoms with Gasteiger partial charge in [0.15, 0.2) is 0 Å². The highest BCUT2D eigenvalue weighted by Crippen LogP contribution is 2.27. The van der Waals surface area contributed by atoms with Crippen molar-refractivity contribution in [3.05, 3.63) is 28.2 Å². The van der Waals surface area contributed by atoms with Crippen LogP contribution in [0.2, 0.25) is 0 Å². The number of amides is 1. The number of aryl methyl sites for hydroxylation is 1. The molecule has 1 heterocycles. The van der Waals surface area contributed by atoms with E-state index in [0.29, 0.717) is 37.2 Å². The normalized spacial score (nSPS) is 17.8. The van der Waals surface area contributed by atoms with Gasteiger partial charge in [-0.1, -0.05) is 22.9 Å². The van der Waals surface area contributed by atoms with Crippen molar-refractivity contribution < 1.29 is 13.2 Å². The minimum Gasteiger partial charge on any atom is -0.369 e. The van der Waals surface area contributed by atoms with Gasteiger partial charge in [0.25, 0.3) is 0 Å². The quantitative estimate of drug-likeness (QED) is 0.873. The molecule has 1 aliphatic rings. The Kier molecular flexibility index (Phi) is 5.06. The van der Waals surface area contributed by atoms with E-state index in [4.69, 9.17) is 5.73 Å². The maximum absolute atomic E-state index is 12.7. The van der Waals surface area contributed by atoms with Crippen molar-refractivity contribution in [2.45, 2.75) is 31.1 Å². The summed E-state index contributed by atoms with van der Waals surface area (Å²) >= 11 is 3.36. The molecular weight excluding hydrogens is 356 g/mol. The van der Waals surface area contributed by atoms with Gasteiger partial charge >= 0.3 is 0 Å². The van der Waals surface area contributed by atoms with Crippen LogP contribution in [0.15, 0.2) is 27.6 Å². The van der Waals surface area contributed by atoms with Crippen molar-refractivity contribution in [1.82, 2.24) is 4.31 Å². The van der Waals surface area contributed by atoms with E-state index in [9.17, 15) is 13.2 Å². The zero-order valence-electron chi connectivity index (χ0n) is 11.9. The largest absolute Gasteiger partial charge is 0.369 e. The molecule has 1 aliphatic heterocycles. The summed E-state index contributed by atoms with van der Waals surface area (Å²) in [6.07, 6.45) is 1.63. The Morgan fingerprint density at radius 2 is 2.00 bits per heavy atom. The molecule has 1 aromatic rings. The molecule has 5 nitrogen and oxygen atoms in total. The van der Waals surface area contributed by atoms with Crippen LogP contribution in [0.4, 0.5) is 0 Å². The number of rotatable bonds is 4. The lowest BCUT2D eigenvalue weighted by atomic mass is 9.98. The summed E-state index contributed by atoms with van der Waals surface area (Å²) in [5.41, 5.74) is 6.08. The van der Waals surface area contributed by atoms with Crippen molar-refractivity contribution >= 4 is 31.9 Å². The minimum absolute atomic E-state index is 0.216. The monoisotopic (exact) mass is 374 g/mol. The molecule has 2 rings (SSSR count). The lowest BCUT2D eigenvalue weighted by molar-refractivity contribution is -0.122. The summed E-state index contributed by atoms with van der Waals surface area (Å²) in [4.78, 5) is 11.5. The first-order valence-electron chi connectivity index (χ1n) is 6.94. The van der Waals surface area contributed by atoms with Crippen molar-refractivity contribution in [1.29, 1.82) is 0 Å². The number of benzene rings is 1. The smallest absolute Gasteiger partial charge is 0.243 e. The Morgan fingerprint density at radius 1 is 1.38 bits per heavy atom. The Labute approximate surface area is 133 Å². The molecule has 0 atom stereocenters. The molecule has 0 spiro atoms. The SMILES string of the molecule is CCc1cc(Br)ccc1S(=O)(=O)N1CCC(C(N)=O)CC1. The molecule has 1 fully saturated rings. The number of carbonyl (C=O) groups excluding carboxylic acids is 1. The van der Waals surface area contributed by atoms with E-state index in [1.54, 1.807) is 12.1 Å². The maximum Gasteiger partial charge on any atom is 0.243 e. The fraction of sp³-hybridized carbons (Fsp3) is 0.500. The molecule has 21 heavy (non-hydrogen) atoms. The van der Waals surface area contributed by atoms with Gasteiger partial charge < -0.3 is 5.73 Å². The van der Waals surface area contributed by atoms with Gasteiger partial charge in [-0.25, -0.2) is 8.42 Å². The van der Waals surface area contributed by atoms with E-state index in [0.717, 1.165) is 10.0 Å². The summed E-state index contributed by atoms with van der Waals surface area (Å²) in [6, 6.07) is 5.21. The summed E-state index contributed by atoms with van der Waals surface area (Å²) in [7, 11) is -3.51. The van der Waals surface area contributed by atoms with Crippen LogP contribution in [0.3, 0.4) is 0 Å². The number of sulfonamides is 1. The van der Waals surface area contributed by atoms with Gasteiger partial charge in [0.2, 0.25) is 15.9 Å². The molecule has 0 aromatic heterocycles. The number of nitrogens with zero attached hydrogens (tertiary/aromatic N) is 1. The molecule has 1 saturated heterocycles. The molecule has 0 aliphatic carbocycles. The van der Waals surface area contributed by atoms with Crippen LogP contribution in [0.25, 0.3) is 0 Å². The third-order valence-corrected chi connectivity index (χ3v) is 6.37. The first kappa shape index (κ1) is 16.5. The average Bonchev–Trinajstić information content (AvgIpc) is 2.46. The fourth-order valence-corrected chi connectivity index (χ4v) is 4.75. The summed E-state index contributed by atoms with van der Waals surface area (Å²) in [6.45, 7) is 2.62. The number of halogens is 1. The topological polar surface area (TPSA) is 80.5 Å². The van der Waals surface area contributed by atoms with Crippen LogP contribution < -0.4 is 5.73 Å². The summed E-state index contributed by atoms with van der Waals surface area (Å²) in [5, 5.41) is 0. The lowest BCUT2D eigenvalue weighted by Crippen LogP contribution is -2.41. The molecule has 0 saturated carbocycles. The molecule has 2 N–H and O–H groups in total. The molecule has 1 amide bonds. The molecule has 0 radical (unpaired) electrons. The molecule has 0 bridgehead atoms. The highest BCUT2D eigenvalue weighted by atomic mass is 79.9. The van der Waals surface area contributed by atoms with E-state index in [1.807, 2.05) is 13.0 Å². The van der Waals surface area contributed by atoms with Gasteiger partial charge in [-0.05, 0) is 43.0 Å². The number of hydrogen-bond donors (Lipinski definition) is 1. The summed E-state index contributed by atoms with van der Waals surface area (Å²) in [5.74, 6) is -0.558. The van der Waals surface area contributed by atoms with Crippen LogP contribution in [0, 0.1) is 5.92 Å². The van der Waals surface area contributed by atoms with Crippen LogP contribution in [-0.4, -0.2) is 31.7 Å². The van der Waals surface area contributed by atoms with Gasteiger partial charge in [0.05, 0.1) is 4.90 Å². The van der Waals surface area contributed by atoms with Crippen molar-refractivity contribution in [3.63, 3.8) is 0 Å². The third kappa shape index (κ3) is 3.46. The van der Waals surface area contributed by atoms with E-state index in [-0.39, 0.29) is 11.8 Å². The number of primary amides is 1. The third-order valence-electron chi connectivity index (χ3n) is 3.88. The first-order valence-corrected chi connectivity index (χ1v) is 9.17. The van der Waals surface area contributed by atoms with Crippen molar-refractivity contribution in [3.8, 4) is 0 Å². The Balaban J connectivity index is 2.25. The predicted molar refractivity (Wildman–Crippen MR) is 84.2 cm³/mol. The molecule has 116 valence electrons. The molecule has 0 unspecified atom stereocenters. The van der Waals surface area contributed by atoms with E-state index in [2.05, 4.69) is 15.9 Å². The van der Waals surface area contributed by atoms with Gasteiger partial charge in [0, 0.05) is 23.5 Å². The molecule has 1 aromatic carbocycles. The van der Waals surface area contributed by atoms with Crippen LogP contribution in [0.5, 0.6) is 0 Å². The van der Waals surface area contributed by atoms with Gasteiger partial charge in [-0.2, -0.15) is 4.31 Å². The number of carbonyl (C=O) groups is 1. The Hall–Kier alpha value is -0.920. The van der Waals surface area contributed by atoms with E-state index in [1.165, 1.54) is 4.31 Å². The summed E-state index contributed by atoms with van der Waals surface area (Å²) < 4.78 is 27.8. The predicted octanol–water partition coefficient (Wildman–Crippen LogP) is 1.90. The second-order valence-electron chi connectivity index (χ2n) is 5.19. The Bertz CT molecular complexity index is 638. The first-order chi connectivity index (χ1) is 9.86. The van der Waals surface area contributed by atoms with Gasteiger partial charge in [-0.3, -0.25) is 4.79 Å². The number of nitrogens with two attached hydrogens (primary N) is 1. The minimum atomic E-state index is -3.51. The second-order valence-corrected chi connectivity index (χ2v) is 8.01. The fourth-order valence-electron chi connectivity index (χ4n) is 2.60. The van der Waals surface area contributed by atoms with Gasteiger partial charge in [0.1, 0.15) is 0 Å². The number of piperidine rings is 1. The second kappa shape index (κ2) is 6.46. The molecular formula is C14H19BrN2O3S. The molecule has 7 heteroatoms. The maximum atomic E-state index is 12.7. The average molecular weight is 375 g/mol. The van der Waals surface area contributed by atoms with Gasteiger partial charge in [-0.15, -0.1) is 0 Å².